The van der Waals surface area contributed by atoms with Crippen molar-refractivity contribution in [1.29, 1.82) is 0 Å². The summed E-state index contributed by atoms with van der Waals surface area (Å²) in [6.07, 6.45) is 0.840. The lowest BCUT2D eigenvalue weighted by Gasteiger charge is -2.29. The van der Waals surface area contributed by atoms with Crippen molar-refractivity contribution >= 4 is 0 Å². The fourth-order valence-corrected chi connectivity index (χ4v) is 1.69. The first-order chi connectivity index (χ1) is 6.95. The van der Waals surface area contributed by atoms with E-state index in [0.29, 0.717) is 18.2 Å². The Balaban J connectivity index is 2.80. The van der Waals surface area contributed by atoms with Crippen molar-refractivity contribution in [3.63, 3.8) is 0 Å². The van der Waals surface area contributed by atoms with Crippen LogP contribution in [0, 0.1) is 11.3 Å². The lowest BCUT2D eigenvalue weighted by atomic mass is 9.77. The molecule has 1 aromatic rings. The van der Waals surface area contributed by atoms with Crippen molar-refractivity contribution in [3.05, 3.63) is 29.8 Å². The van der Waals surface area contributed by atoms with Crippen LogP contribution in [0.5, 0.6) is 5.75 Å². The standard InChI is InChI=1S/C13H21NO/c1-13(2,3)11(9-14)8-10-6-4-5-7-12(10)15/h4-7,11,15H,8-9,14H2,1-3H3. The molecule has 1 unspecified atom stereocenters. The Bertz CT molecular complexity index is 315. The molecule has 0 spiro atoms. The smallest absolute Gasteiger partial charge is 0.118 e. The van der Waals surface area contributed by atoms with Gasteiger partial charge in [0.25, 0.3) is 0 Å². The minimum absolute atomic E-state index is 0.178. The summed E-state index contributed by atoms with van der Waals surface area (Å²) in [5.41, 5.74) is 6.94. The van der Waals surface area contributed by atoms with Gasteiger partial charge in [-0.25, -0.2) is 0 Å². The topological polar surface area (TPSA) is 46.2 Å². The minimum atomic E-state index is 0.178. The lowest BCUT2D eigenvalue weighted by molar-refractivity contribution is 0.244. The van der Waals surface area contributed by atoms with Gasteiger partial charge in [0.1, 0.15) is 5.75 Å². The fourth-order valence-electron chi connectivity index (χ4n) is 1.69. The van der Waals surface area contributed by atoms with Gasteiger partial charge >= 0.3 is 0 Å². The summed E-state index contributed by atoms with van der Waals surface area (Å²) in [7, 11) is 0. The van der Waals surface area contributed by atoms with Gasteiger partial charge in [0.15, 0.2) is 0 Å². The van der Waals surface area contributed by atoms with Crippen molar-refractivity contribution in [2.45, 2.75) is 27.2 Å². The molecule has 0 fully saturated rings. The van der Waals surface area contributed by atoms with Gasteiger partial charge in [-0.1, -0.05) is 39.0 Å². The Morgan fingerprint density at radius 1 is 1.27 bits per heavy atom. The molecule has 3 N–H and O–H groups in total. The van der Waals surface area contributed by atoms with E-state index in [4.69, 9.17) is 5.73 Å². The molecule has 0 saturated heterocycles. The summed E-state index contributed by atoms with van der Waals surface area (Å²) in [5.74, 6) is 0.769. The molecule has 0 aliphatic heterocycles. The Morgan fingerprint density at radius 3 is 2.33 bits per heavy atom. The second kappa shape index (κ2) is 4.67. The zero-order chi connectivity index (χ0) is 11.5. The first kappa shape index (κ1) is 12.1. The van der Waals surface area contributed by atoms with Crippen molar-refractivity contribution in [2.24, 2.45) is 17.1 Å². The predicted octanol–water partition coefficient (Wildman–Crippen LogP) is 2.56. The summed E-state index contributed by atoms with van der Waals surface area (Å²) in [6, 6.07) is 7.48. The quantitative estimate of drug-likeness (QED) is 0.800. The van der Waals surface area contributed by atoms with Crippen LogP contribution in [-0.2, 0) is 6.42 Å². The van der Waals surface area contributed by atoms with E-state index in [0.717, 1.165) is 12.0 Å². The van der Waals surface area contributed by atoms with Crippen LogP contribution in [0.4, 0.5) is 0 Å². The van der Waals surface area contributed by atoms with Crippen LogP contribution in [0.1, 0.15) is 26.3 Å². The largest absolute Gasteiger partial charge is 0.508 e. The highest BCUT2D eigenvalue weighted by Gasteiger charge is 2.24. The Kier molecular flexibility index (Phi) is 3.75. The minimum Gasteiger partial charge on any atom is -0.508 e. The average Bonchev–Trinajstić information content (AvgIpc) is 2.14. The maximum absolute atomic E-state index is 9.68. The van der Waals surface area contributed by atoms with Crippen LogP contribution in [-0.4, -0.2) is 11.7 Å². The third kappa shape index (κ3) is 3.24. The predicted molar refractivity (Wildman–Crippen MR) is 63.8 cm³/mol. The number of hydrogen-bond acceptors (Lipinski definition) is 2. The van der Waals surface area contributed by atoms with Crippen molar-refractivity contribution < 1.29 is 5.11 Å². The Hall–Kier alpha value is -1.02. The number of benzene rings is 1. The van der Waals surface area contributed by atoms with E-state index in [1.807, 2.05) is 18.2 Å². The highest BCUT2D eigenvalue weighted by molar-refractivity contribution is 5.32. The SMILES string of the molecule is CC(C)(C)C(CN)Cc1ccccc1O. The highest BCUT2D eigenvalue weighted by atomic mass is 16.3. The normalized spacial score (nSPS) is 13.9. The third-order valence-electron chi connectivity index (χ3n) is 2.97. The fraction of sp³-hybridized carbons (Fsp3) is 0.538. The summed E-state index contributed by atoms with van der Waals surface area (Å²) in [5, 5.41) is 9.68. The summed E-state index contributed by atoms with van der Waals surface area (Å²) in [6.45, 7) is 7.21. The molecule has 0 amide bonds. The first-order valence-corrected chi connectivity index (χ1v) is 5.42. The maximum Gasteiger partial charge on any atom is 0.118 e. The van der Waals surface area contributed by atoms with Gasteiger partial charge in [-0.3, -0.25) is 0 Å². The number of phenolic OH excluding ortho intramolecular Hbond substituents is 1. The van der Waals surface area contributed by atoms with Crippen molar-refractivity contribution in [3.8, 4) is 5.75 Å². The van der Waals surface area contributed by atoms with Crippen molar-refractivity contribution in [2.75, 3.05) is 6.54 Å². The van der Waals surface area contributed by atoms with Gasteiger partial charge in [0.2, 0.25) is 0 Å². The molecule has 15 heavy (non-hydrogen) atoms. The van der Waals surface area contributed by atoms with Gasteiger partial charge in [0.05, 0.1) is 0 Å². The van der Waals surface area contributed by atoms with E-state index >= 15 is 0 Å². The molecule has 1 aromatic carbocycles. The van der Waals surface area contributed by atoms with Gasteiger partial charge in [-0.05, 0) is 35.9 Å². The summed E-state index contributed by atoms with van der Waals surface area (Å²) in [4.78, 5) is 0. The molecule has 0 aromatic heterocycles. The molecule has 2 nitrogen and oxygen atoms in total. The molecule has 1 rings (SSSR count). The molecule has 0 radical (unpaired) electrons. The zero-order valence-electron chi connectivity index (χ0n) is 9.83. The molecule has 84 valence electrons. The number of aromatic hydroxyl groups is 1. The van der Waals surface area contributed by atoms with E-state index < -0.39 is 0 Å². The first-order valence-electron chi connectivity index (χ1n) is 5.42. The van der Waals surface area contributed by atoms with Crippen molar-refractivity contribution in [1.82, 2.24) is 0 Å². The van der Waals surface area contributed by atoms with Crippen LogP contribution < -0.4 is 5.73 Å². The molecule has 1 atom stereocenters. The van der Waals surface area contributed by atoms with E-state index in [1.54, 1.807) is 6.07 Å². The number of hydrogen-bond donors (Lipinski definition) is 2. The molecule has 0 aliphatic rings. The van der Waals surface area contributed by atoms with E-state index in [2.05, 4.69) is 20.8 Å². The Labute approximate surface area is 92.1 Å². The number of rotatable bonds is 3. The lowest BCUT2D eigenvalue weighted by Crippen LogP contribution is -2.29. The molecular weight excluding hydrogens is 186 g/mol. The maximum atomic E-state index is 9.68. The van der Waals surface area contributed by atoms with Gasteiger partial charge in [-0.15, -0.1) is 0 Å². The molecule has 0 aliphatic carbocycles. The molecule has 0 heterocycles. The van der Waals surface area contributed by atoms with E-state index in [1.165, 1.54) is 0 Å². The number of phenols is 1. The van der Waals surface area contributed by atoms with Crippen LogP contribution in [0.3, 0.4) is 0 Å². The molecule has 0 bridgehead atoms. The summed E-state index contributed by atoms with van der Waals surface area (Å²) >= 11 is 0. The van der Waals surface area contributed by atoms with Gasteiger partial charge in [0, 0.05) is 0 Å². The van der Waals surface area contributed by atoms with Crippen LogP contribution in [0.25, 0.3) is 0 Å². The summed E-state index contributed by atoms with van der Waals surface area (Å²) < 4.78 is 0. The second-order valence-corrected chi connectivity index (χ2v) is 5.13. The third-order valence-corrected chi connectivity index (χ3v) is 2.97. The molecular formula is C13H21NO. The van der Waals surface area contributed by atoms with E-state index in [-0.39, 0.29) is 5.41 Å². The zero-order valence-corrected chi connectivity index (χ0v) is 9.83. The molecule has 0 saturated carbocycles. The number of para-hydroxylation sites is 1. The highest BCUT2D eigenvalue weighted by Crippen LogP contribution is 2.30. The van der Waals surface area contributed by atoms with Gasteiger partial charge in [-0.2, -0.15) is 0 Å². The monoisotopic (exact) mass is 207 g/mol. The average molecular weight is 207 g/mol. The Morgan fingerprint density at radius 2 is 1.87 bits per heavy atom. The second-order valence-electron chi connectivity index (χ2n) is 5.13. The van der Waals surface area contributed by atoms with E-state index in [9.17, 15) is 5.11 Å². The van der Waals surface area contributed by atoms with Crippen LogP contribution >= 0.6 is 0 Å². The van der Waals surface area contributed by atoms with Gasteiger partial charge < -0.3 is 10.8 Å². The van der Waals surface area contributed by atoms with Crippen LogP contribution in [0.2, 0.25) is 0 Å². The number of nitrogens with two attached hydrogens (primary N) is 1. The molecule has 2 heteroatoms. The van der Waals surface area contributed by atoms with Crippen LogP contribution in [0.15, 0.2) is 24.3 Å².